The molecule has 0 radical (unpaired) electrons. The van der Waals surface area contributed by atoms with Crippen molar-refractivity contribution in [1.29, 1.82) is 0 Å². The average molecular weight is 418 g/mol. The summed E-state index contributed by atoms with van der Waals surface area (Å²) in [6.07, 6.45) is 1.71. The van der Waals surface area contributed by atoms with Crippen molar-refractivity contribution in [2.24, 2.45) is 0 Å². The number of rotatable bonds is 3. The van der Waals surface area contributed by atoms with Crippen LogP contribution in [0, 0.1) is 12.7 Å². The van der Waals surface area contributed by atoms with E-state index in [-0.39, 0.29) is 37.8 Å². The Hall–Kier alpha value is -2.29. The molecular weight excluding hydrogens is 395 g/mol. The predicted molar refractivity (Wildman–Crippen MR) is 107 cm³/mol. The largest absolute Gasteiger partial charge is 0.379 e. The molecule has 0 saturated carbocycles. The third kappa shape index (κ3) is 3.80. The summed E-state index contributed by atoms with van der Waals surface area (Å²) in [5, 5.41) is 0. The third-order valence-corrected chi connectivity index (χ3v) is 7.28. The minimum Gasteiger partial charge on any atom is -0.379 e. The van der Waals surface area contributed by atoms with Gasteiger partial charge < -0.3 is 9.64 Å². The molecule has 0 bridgehead atoms. The molecule has 2 aromatic carbocycles. The lowest BCUT2D eigenvalue weighted by Gasteiger charge is -2.30. The van der Waals surface area contributed by atoms with E-state index >= 15 is 0 Å². The number of morpholine rings is 1. The van der Waals surface area contributed by atoms with Crippen molar-refractivity contribution in [2.45, 2.75) is 24.7 Å². The number of hydrogen-bond donors (Lipinski definition) is 0. The Balaban J connectivity index is 1.69. The van der Waals surface area contributed by atoms with Crippen molar-refractivity contribution in [3.63, 3.8) is 0 Å². The minimum absolute atomic E-state index is 0.159. The molecule has 2 heterocycles. The van der Waals surface area contributed by atoms with Gasteiger partial charge >= 0.3 is 0 Å². The number of sulfonamides is 1. The number of fused-ring (bicyclic) bond motifs is 1. The van der Waals surface area contributed by atoms with E-state index in [1.165, 1.54) is 10.4 Å². The molecule has 1 amide bonds. The third-order valence-electron chi connectivity index (χ3n) is 5.36. The fourth-order valence-corrected chi connectivity index (χ4v) is 5.35. The van der Waals surface area contributed by atoms with Gasteiger partial charge in [0.05, 0.1) is 13.2 Å². The van der Waals surface area contributed by atoms with E-state index < -0.39 is 20.7 Å². The van der Waals surface area contributed by atoms with Crippen LogP contribution in [-0.2, 0) is 21.2 Å². The van der Waals surface area contributed by atoms with E-state index in [9.17, 15) is 17.6 Å². The highest BCUT2D eigenvalue weighted by molar-refractivity contribution is 7.89. The highest BCUT2D eigenvalue weighted by Crippen LogP contribution is 2.30. The molecule has 0 spiro atoms. The second-order valence-corrected chi connectivity index (χ2v) is 9.26. The van der Waals surface area contributed by atoms with E-state index in [1.54, 1.807) is 4.90 Å². The van der Waals surface area contributed by atoms with Crippen LogP contribution in [0.4, 0.5) is 10.1 Å². The van der Waals surface area contributed by atoms with Gasteiger partial charge in [-0.1, -0.05) is 17.7 Å². The van der Waals surface area contributed by atoms with Gasteiger partial charge in [0.2, 0.25) is 10.0 Å². The average Bonchev–Trinajstić information content (AvgIpc) is 2.73. The maximum Gasteiger partial charge on any atom is 0.258 e. The molecule has 0 atom stereocenters. The van der Waals surface area contributed by atoms with Crippen LogP contribution in [0.5, 0.6) is 0 Å². The Kier molecular flexibility index (Phi) is 5.42. The van der Waals surface area contributed by atoms with Crippen LogP contribution in [0.15, 0.2) is 41.3 Å². The number of halogens is 1. The van der Waals surface area contributed by atoms with Crippen molar-refractivity contribution < 1.29 is 22.3 Å². The number of carbonyl (C=O) groups is 1. The van der Waals surface area contributed by atoms with Crippen LogP contribution in [0.25, 0.3) is 0 Å². The number of nitrogens with zero attached hydrogens (tertiary/aromatic N) is 2. The quantitative estimate of drug-likeness (QED) is 0.769. The molecule has 2 aliphatic rings. The maximum absolute atomic E-state index is 14.4. The topological polar surface area (TPSA) is 66.9 Å². The second kappa shape index (κ2) is 7.85. The van der Waals surface area contributed by atoms with E-state index in [4.69, 9.17) is 4.74 Å². The number of benzene rings is 2. The first kappa shape index (κ1) is 20.0. The minimum atomic E-state index is -4.04. The monoisotopic (exact) mass is 418 g/mol. The number of hydrogen-bond acceptors (Lipinski definition) is 4. The van der Waals surface area contributed by atoms with Crippen molar-refractivity contribution >= 4 is 21.6 Å². The normalized spacial score (nSPS) is 17.8. The van der Waals surface area contributed by atoms with Gasteiger partial charge in [0, 0.05) is 30.9 Å². The van der Waals surface area contributed by atoms with Crippen LogP contribution in [-0.4, -0.2) is 51.5 Å². The number of anilines is 1. The highest BCUT2D eigenvalue weighted by atomic mass is 32.2. The first-order valence-electron chi connectivity index (χ1n) is 9.67. The molecule has 4 rings (SSSR count). The molecule has 0 unspecified atom stereocenters. The first-order chi connectivity index (χ1) is 13.9. The lowest BCUT2D eigenvalue weighted by Crippen LogP contribution is -2.41. The zero-order chi connectivity index (χ0) is 20.6. The number of carbonyl (C=O) groups excluding carboxylic acids is 1. The SMILES string of the molecule is Cc1ccc2c(c1)CCCN2C(=O)c1ccc(F)c(S(=O)(=O)N2CCOCC2)c1. The van der Waals surface area contributed by atoms with E-state index in [0.29, 0.717) is 6.54 Å². The Labute approximate surface area is 169 Å². The van der Waals surface area contributed by atoms with Gasteiger partial charge in [0.25, 0.3) is 5.91 Å². The summed E-state index contributed by atoms with van der Waals surface area (Å²) in [6, 6.07) is 9.48. The molecule has 6 nitrogen and oxygen atoms in total. The standard InChI is InChI=1S/C21H23FN2O4S/c1-15-4-7-19-16(13-15)3-2-8-24(19)21(25)17-5-6-18(22)20(14-17)29(26,27)23-9-11-28-12-10-23/h4-7,13-14H,2-3,8-12H2,1H3. The van der Waals surface area contributed by atoms with Gasteiger partial charge in [-0.25, -0.2) is 12.8 Å². The molecule has 1 saturated heterocycles. The summed E-state index contributed by atoms with van der Waals surface area (Å²) in [5.41, 5.74) is 3.20. The molecule has 2 aromatic rings. The Morgan fingerprint density at radius 1 is 1.07 bits per heavy atom. The number of aryl methyl sites for hydroxylation is 2. The molecule has 0 N–H and O–H groups in total. The zero-order valence-electron chi connectivity index (χ0n) is 16.2. The molecular formula is C21H23FN2O4S. The summed E-state index contributed by atoms with van der Waals surface area (Å²) < 4.78 is 46.6. The van der Waals surface area contributed by atoms with Crippen LogP contribution < -0.4 is 4.90 Å². The van der Waals surface area contributed by atoms with Gasteiger partial charge in [-0.05, 0) is 49.6 Å². The van der Waals surface area contributed by atoms with Gasteiger partial charge in [-0.2, -0.15) is 4.31 Å². The van der Waals surface area contributed by atoms with Crippen molar-refractivity contribution in [3.05, 3.63) is 58.9 Å². The Morgan fingerprint density at radius 3 is 2.59 bits per heavy atom. The molecule has 2 aliphatic heterocycles. The van der Waals surface area contributed by atoms with Crippen LogP contribution in [0.3, 0.4) is 0 Å². The van der Waals surface area contributed by atoms with Gasteiger partial charge in [-0.15, -0.1) is 0 Å². The predicted octanol–water partition coefficient (Wildman–Crippen LogP) is 2.75. The molecule has 0 aliphatic carbocycles. The molecule has 154 valence electrons. The fourth-order valence-electron chi connectivity index (χ4n) is 3.85. The Morgan fingerprint density at radius 2 is 1.83 bits per heavy atom. The molecule has 29 heavy (non-hydrogen) atoms. The van der Waals surface area contributed by atoms with Crippen LogP contribution in [0.2, 0.25) is 0 Å². The zero-order valence-corrected chi connectivity index (χ0v) is 17.0. The summed E-state index contributed by atoms with van der Waals surface area (Å²) >= 11 is 0. The highest BCUT2D eigenvalue weighted by Gasteiger charge is 2.31. The first-order valence-corrected chi connectivity index (χ1v) is 11.1. The maximum atomic E-state index is 14.4. The number of ether oxygens (including phenoxy) is 1. The lowest BCUT2D eigenvalue weighted by molar-refractivity contribution is 0.0729. The molecule has 0 aromatic heterocycles. The molecule has 8 heteroatoms. The van der Waals surface area contributed by atoms with E-state index in [2.05, 4.69) is 6.07 Å². The van der Waals surface area contributed by atoms with E-state index in [0.717, 1.165) is 41.8 Å². The van der Waals surface area contributed by atoms with Gasteiger partial charge in [0.15, 0.2) is 0 Å². The van der Waals surface area contributed by atoms with Crippen LogP contribution >= 0.6 is 0 Å². The number of amides is 1. The van der Waals surface area contributed by atoms with Crippen molar-refractivity contribution in [2.75, 3.05) is 37.7 Å². The summed E-state index contributed by atoms with van der Waals surface area (Å²) in [7, 11) is -4.04. The lowest BCUT2D eigenvalue weighted by atomic mass is 9.99. The summed E-state index contributed by atoms with van der Waals surface area (Å²) in [6.45, 7) is 3.41. The Bertz CT molecular complexity index is 1050. The summed E-state index contributed by atoms with van der Waals surface area (Å²) in [4.78, 5) is 14.4. The van der Waals surface area contributed by atoms with Crippen molar-refractivity contribution in [1.82, 2.24) is 4.31 Å². The van der Waals surface area contributed by atoms with Gasteiger partial charge in [0.1, 0.15) is 10.7 Å². The summed E-state index contributed by atoms with van der Waals surface area (Å²) in [5.74, 6) is -1.18. The van der Waals surface area contributed by atoms with E-state index in [1.807, 2.05) is 19.1 Å². The van der Waals surface area contributed by atoms with Crippen molar-refractivity contribution in [3.8, 4) is 0 Å². The second-order valence-electron chi connectivity index (χ2n) is 7.35. The fraction of sp³-hybridized carbons (Fsp3) is 0.381. The molecule has 1 fully saturated rings. The van der Waals surface area contributed by atoms with Gasteiger partial charge in [-0.3, -0.25) is 4.79 Å². The van der Waals surface area contributed by atoms with Crippen LogP contribution in [0.1, 0.15) is 27.9 Å². The smallest absolute Gasteiger partial charge is 0.258 e.